The van der Waals surface area contributed by atoms with Crippen molar-refractivity contribution >= 4 is 45.4 Å². The van der Waals surface area contributed by atoms with Crippen LogP contribution >= 0.6 is 22.7 Å². The van der Waals surface area contributed by atoms with Crippen LogP contribution in [0.5, 0.6) is 0 Å². The van der Waals surface area contributed by atoms with E-state index in [0.29, 0.717) is 21.9 Å². The number of thiophene rings is 2. The quantitative estimate of drug-likeness (QED) is 0.477. The van der Waals surface area contributed by atoms with E-state index in [1.165, 1.54) is 22.7 Å². The fraction of sp³-hybridized carbons (Fsp3) is 0. The van der Waals surface area contributed by atoms with Gasteiger partial charge in [-0.2, -0.15) is 0 Å². The van der Waals surface area contributed by atoms with Gasteiger partial charge in [0.1, 0.15) is 0 Å². The molecule has 0 fully saturated rings. The molecule has 2 heterocycles. The van der Waals surface area contributed by atoms with Gasteiger partial charge in [-0.05, 0) is 57.9 Å². The van der Waals surface area contributed by atoms with Gasteiger partial charge in [-0.3, -0.25) is 0 Å². The summed E-state index contributed by atoms with van der Waals surface area (Å²) in [6.07, 6.45) is 0. The molecule has 0 saturated carbocycles. The number of rotatable bonds is 4. The fourth-order valence-electron chi connectivity index (χ4n) is 2.97. The van der Waals surface area contributed by atoms with Crippen LogP contribution in [0.25, 0.3) is 31.7 Å². The zero-order valence-corrected chi connectivity index (χ0v) is 14.9. The van der Waals surface area contributed by atoms with E-state index < -0.39 is 11.9 Å². The molecule has 4 nitrogen and oxygen atoms in total. The zero-order chi connectivity index (χ0) is 18.3. The third kappa shape index (κ3) is 2.79. The number of fused-ring (bicyclic) bond motifs is 1. The van der Waals surface area contributed by atoms with Crippen LogP contribution in [0, 0.1) is 0 Å². The molecule has 0 bridgehead atoms. The Kier molecular flexibility index (Phi) is 4.06. The Morgan fingerprint density at radius 1 is 0.692 bits per heavy atom. The van der Waals surface area contributed by atoms with Crippen molar-refractivity contribution in [3.05, 3.63) is 70.4 Å². The van der Waals surface area contributed by atoms with Gasteiger partial charge in [-0.25, -0.2) is 9.59 Å². The maximum absolute atomic E-state index is 11.8. The molecule has 4 rings (SSSR count). The number of aromatic carboxylic acids is 2. The summed E-state index contributed by atoms with van der Waals surface area (Å²) < 4.78 is 0. The molecule has 0 aliphatic carbocycles. The van der Waals surface area contributed by atoms with Gasteiger partial charge in [0, 0.05) is 20.9 Å². The van der Waals surface area contributed by atoms with E-state index >= 15 is 0 Å². The number of benzene rings is 2. The molecule has 0 atom stereocenters. The maximum Gasteiger partial charge on any atom is 0.336 e. The molecule has 0 radical (unpaired) electrons. The second-order valence-corrected chi connectivity index (χ2v) is 7.60. The van der Waals surface area contributed by atoms with Crippen LogP contribution in [0.15, 0.2) is 59.3 Å². The van der Waals surface area contributed by atoms with Crippen LogP contribution in [0.3, 0.4) is 0 Å². The Morgan fingerprint density at radius 3 is 1.42 bits per heavy atom. The Labute approximate surface area is 156 Å². The van der Waals surface area contributed by atoms with Gasteiger partial charge in [0.15, 0.2) is 0 Å². The molecular formula is C20H12O4S2. The summed E-state index contributed by atoms with van der Waals surface area (Å²) in [6, 6.07) is 14.2. The molecule has 0 amide bonds. The average Bonchev–Trinajstić information content (AvgIpc) is 3.32. The molecule has 0 aliphatic rings. The minimum Gasteiger partial charge on any atom is -0.478 e. The van der Waals surface area contributed by atoms with Crippen molar-refractivity contribution < 1.29 is 19.8 Å². The lowest BCUT2D eigenvalue weighted by atomic mass is 9.95. The first kappa shape index (κ1) is 16.5. The minimum absolute atomic E-state index is 0.208. The summed E-state index contributed by atoms with van der Waals surface area (Å²) in [5, 5.41) is 24.4. The number of hydrogen-bond acceptors (Lipinski definition) is 4. The van der Waals surface area contributed by atoms with Gasteiger partial charge in [0.05, 0.1) is 11.1 Å². The summed E-state index contributed by atoms with van der Waals surface area (Å²) >= 11 is 2.90. The van der Waals surface area contributed by atoms with Gasteiger partial charge >= 0.3 is 11.9 Å². The average molecular weight is 380 g/mol. The topological polar surface area (TPSA) is 74.6 Å². The molecule has 0 unspecified atom stereocenters. The predicted molar refractivity (Wildman–Crippen MR) is 104 cm³/mol. The number of carboxylic acid groups (broad SMARTS) is 2. The van der Waals surface area contributed by atoms with E-state index in [0.717, 1.165) is 9.75 Å². The molecular weight excluding hydrogens is 368 g/mol. The lowest BCUT2D eigenvalue weighted by Crippen LogP contribution is -2.02. The third-order valence-corrected chi connectivity index (χ3v) is 5.95. The van der Waals surface area contributed by atoms with Crippen molar-refractivity contribution in [2.75, 3.05) is 0 Å². The molecule has 0 spiro atoms. The van der Waals surface area contributed by atoms with Gasteiger partial charge in [-0.1, -0.05) is 12.1 Å². The van der Waals surface area contributed by atoms with Crippen LogP contribution < -0.4 is 0 Å². The molecule has 128 valence electrons. The monoisotopic (exact) mass is 380 g/mol. The second kappa shape index (κ2) is 6.40. The summed E-state index contributed by atoms with van der Waals surface area (Å²) in [5.74, 6) is -2.01. The third-order valence-electron chi connectivity index (χ3n) is 4.15. The van der Waals surface area contributed by atoms with Crippen molar-refractivity contribution in [2.45, 2.75) is 0 Å². The van der Waals surface area contributed by atoms with Gasteiger partial charge in [-0.15, -0.1) is 22.7 Å². The van der Waals surface area contributed by atoms with Crippen LogP contribution in [0.1, 0.15) is 20.7 Å². The standard InChI is InChI=1S/C20H12O4S2/c21-19(22)15-9-12-8-14(18-4-2-6-26-18)16(20(23)24)10-11(12)7-13(15)17-3-1-5-25-17/h1-10H,(H,21,22)(H,23,24). The summed E-state index contributed by atoms with van der Waals surface area (Å²) in [6.45, 7) is 0. The molecule has 6 heteroatoms. The SMILES string of the molecule is O=C(O)c1cc2cc(-c3cccs3)c(C(=O)O)cc2cc1-c1cccs1. The van der Waals surface area contributed by atoms with E-state index in [1.807, 2.05) is 35.0 Å². The Balaban J connectivity index is 2.04. The van der Waals surface area contributed by atoms with Gasteiger partial charge in [0.2, 0.25) is 0 Å². The highest BCUT2D eigenvalue weighted by atomic mass is 32.1. The first-order valence-electron chi connectivity index (χ1n) is 7.71. The van der Waals surface area contributed by atoms with E-state index in [1.54, 1.807) is 24.3 Å². The zero-order valence-electron chi connectivity index (χ0n) is 13.3. The highest BCUT2D eigenvalue weighted by Gasteiger charge is 2.18. The molecule has 0 saturated heterocycles. The van der Waals surface area contributed by atoms with Crippen LogP contribution in [0.2, 0.25) is 0 Å². The van der Waals surface area contributed by atoms with Crippen molar-refractivity contribution in [1.29, 1.82) is 0 Å². The van der Waals surface area contributed by atoms with Crippen LogP contribution in [-0.2, 0) is 0 Å². The second-order valence-electron chi connectivity index (χ2n) is 5.71. The molecule has 26 heavy (non-hydrogen) atoms. The van der Waals surface area contributed by atoms with Crippen LogP contribution in [0.4, 0.5) is 0 Å². The molecule has 2 aromatic carbocycles. The van der Waals surface area contributed by atoms with Crippen LogP contribution in [-0.4, -0.2) is 22.2 Å². The number of carbonyl (C=O) groups is 2. The van der Waals surface area contributed by atoms with E-state index in [2.05, 4.69) is 0 Å². The van der Waals surface area contributed by atoms with Crippen molar-refractivity contribution in [1.82, 2.24) is 0 Å². The summed E-state index contributed by atoms with van der Waals surface area (Å²) in [4.78, 5) is 25.2. The number of carboxylic acids is 2. The number of hydrogen-bond donors (Lipinski definition) is 2. The van der Waals surface area contributed by atoms with Gasteiger partial charge < -0.3 is 10.2 Å². The van der Waals surface area contributed by atoms with E-state index in [-0.39, 0.29) is 11.1 Å². The lowest BCUT2D eigenvalue weighted by Gasteiger charge is -2.11. The maximum atomic E-state index is 11.8. The van der Waals surface area contributed by atoms with Crippen molar-refractivity contribution in [3.63, 3.8) is 0 Å². The smallest absolute Gasteiger partial charge is 0.336 e. The normalized spacial score (nSPS) is 10.9. The van der Waals surface area contributed by atoms with Crippen molar-refractivity contribution in [2.24, 2.45) is 0 Å². The molecule has 2 aromatic heterocycles. The predicted octanol–water partition coefficient (Wildman–Crippen LogP) is 5.69. The Hall–Kier alpha value is -2.96. The summed E-state index contributed by atoms with van der Waals surface area (Å²) in [5.41, 5.74) is 1.61. The highest BCUT2D eigenvalue weighted by molar-refractivity contribution is 7.13. The largest absolute Gasteiger partial charge is 0.478 e. The molecule has 4 aromatic rings. The highest BCUT2D eigenvalue weighted by Crippen LogP contribution is 2.36. The first-order chi connectivity index (χ1) is 12.5. The molecule has 2 N–H and O–H groups in total. The minimum atomic E-state index is -1.00. The lowest BCUT2D eigenvalue weighted by molar-refractivity contribution is 0.0686. The van der Waals surface area contributed by atoms with Gasteiger partial charge in [0.25, 0.3) is 0 Å². The Bertz CT molecular complexity index is 1040. The van der Waals surface area contributed by atoms with Crippen molar-refractivity contribution in [3.8, 4) is 20.9 Å². The van der Waals surface area contributed by atoms with E-state index in [4.69, 9.17) is 0 Å². The molecule has 0 aliphatic heterocycles. The fourth-order valence-corrected chi connectivity index (χ4v) is 4.49. The van der Waals surface area contributed by atoms with E-state index in [9.17, 15) is 19.8 Å². The first-order valence-corrected chi connectivity index (χ1v) is 9.46. The Morgan fingerprint density at radius 2 is 1.12 bits per heavy atom. The summed E-state index contributed by atoms with van der Waals surface area (Å²) in [7, 11) is 0.